The van der Waals surface area contributed by atoms with Crippen molar-refractivity contribution in [3.63, 3.8) is 0 Å². The van der Waals surface area contributed by atoms with Crippen molar-refractivity contribution in [2.45, 2.75) is 168 Å². The predicted molar refractivity (Wildman–Crippen MR) is 240 cm³/mol. The lowest BCUT2D eigenvalue weighted by Crippen LogP contribution is -2.06. The minimum absolute atomic E-state index is 0.308. The summed E-state index contributed by atoms with van der Waals surface area (Å²) in [5.41, 5.74) is 1.07. The molecule has 300 valence electrons. The summed E-state index contributed by atoms with van der Waals surface area (Å²) in [6.07, 6.45) is 30.5. The number of hydrogen-bond donors (Lipinski definition) is 0. The largest absolute Gasteiger partial charge is 0.462 e. The third-order valence-electron chi connectivity index (χ3n) is 9.67. The maximum atomic E-state index is 13.1. The molecule has 6 nitrogen and oxygen atoms in total. The maximum Gasteiger partial charge on any atom is 0.339 e. The van der Waals surface area contributed by atoms with E-state index in [1.54, 1.807) is 0 Å². The smallest absolute Gasteiger partial charge is 0.339 e. The van der Waals surface area contributed by atoms with Crippen molar-refractivity contribution in [2.24, 2.45) is 0 Å². The Labute approximate surface area is 356 Å². The number of ether oxygens (including phenoxy) is 2. The first-order valence-electron chi connectivity index (χ1n) is 20.6. The zero-order chi connectivity index (χ0) is 38.4. The Morgan fingerprint density at radius 2 is 0.778 bits per heavy atom. The Bertz CT molecular complexity index is 1520. The van der Waals surface area contributed by atoms with Crippen molar-refractivity contribution in [2.75, 3.05) is 13.2 Å². The molecule has 0 spiro atoms. The van der Waals surface area contributed by atoms with E-state index in [0.717, 1.165) is 62.7 Å². The van der Waals surface area contributed by atoms with E-state index >= 15 is 0 Å². The number of carbonyl (C=O) groups is 2. The average Bonchev–Trinajstić information content (AvgIpc) is 3.94. The highest BCUT2D eigenvalue weighted by molar-refractivity contribution is 9.11. The van der Waals surface area contributed by atoms with Crippen LogP contribution in [0, 0.1) is 0 Å². The van der Waals surface area contributed by atoms with Crippen LogP contribution in [0.15, 0.2) is 19.7 Å². The zero-order valence-corrected chi connectivity index (χ0v) is 38.9. The second-order valence-electron chi connectivity index (χ2n) is 14.3. The van der Waals surface area contributed by atoms with Crippen LogP contribution in [0.3, 0.4) is 0 Å². The van der Waals surface area contributed by atoms with Gasteiger partial charge < -0.3 is 9.47 Å². The highest BCUT2D eigenvalue weighted by atomic mass is 79.9. The van der Waals surface area contributed by atoms with Gasteiger partial charge in [0.05, 0.1) is 41.7 Å². The van der Waals surface area contributed by atoms with Crippen molar-refractivity contribution in [1.82, 2.24) is 9.97 Å². The minimum Gasteiger partial charge on any atom is -0.462 e. The first kappa shape index (κ1) is 45.5. The molecule has 0 aromatic carbocycles. The Hall–Kier alpha value is -1.18. The molecule has 0 aliphatic carbocycles. The summed E-state index contributed by atoms with van der Waals surface area (Å²) in [5, 5.41) is 1.50. The number of halogens is 2. The molecule has 0 unspecified atom stereocenters. The topological polar surface area (TPSA) is 78.4 Å². The molecule has 0 atom stereocenters. The van der Waals surface area contributed by atoms with Gasteiger partial charge in [-0.25, -0.2) is 19.6 Å². The summed E-state index contributed by atoms with van der Waals surface area (Å²) in [5.74, 6) is -0.616. The van der Waals surface area contributed by atoms with E-state index in [-0.39, 0.29) is 11.9 Å². The lowest BCUT2D eigenvalue weighted by Gasteiger charge is -2.06. The third-order valence-corrected chi connectivity index (χ3v) is 15.3. The normalized spacial score (nSPS) is 11.6. The summed E-state index contributed by atoms with van der Waals surface area (Å²) in [6, 6.07) is 3.66. The summed E-state index contributed by atoms with van der Waals surface area (Å²) in [7, 11) is 0. The highest BCUT2D eigenvalue weighted by Gasteiger charge is 2.25. The molecule has 0 saturated carbocycles. The van der Waals surface area contributed by atoms with Gasteiger partial charge in [-0.2, -0.15) is 0 Å². The number of esters is 2. The van der Waals surface area contributed by atoms with Crippen molar-refractivity contribution in [1.29, 1.82) is 0 Å². The number of thiophene rings is 2. The van der Waals surface area contributed by atoms with Gasteiger partial charge in [-0.05, 0) is 56.8 Å². The Morgan fingerprint density at radius 3 is 1.09 bits per heavy atom. The van der Waals surface area contributed by atoms with E-state index in [4.69, 9.17) is 19.4 Å². The molecule has 0 radical (unpaired) electrons. The number of fused-ring (bicyclic) bond motifs is 1. The molecule has 12 heteroatoms. The van der Waals surface area contributed by atoms with Crippen LogP contribution in [-0.4, -0.2) is 35.1 Å². The van der Waals surface area contributed by atoms with Gasteiger partial charge in [0.25, 0.3) is 0 Å². The molecule has 4 heterocycles. The summed E-state index contributed by atoms with van der Waals surface area (Å²) >= 11 is 13.0. The summed E-state index contributed by atoms with van der Waals surface area (Å²) < 4.78 is 13.1. The fraction of sp³-hybridized carbons (Fsp3) is 0.667. The average molecular weight is 945 g/mol. The van der Waals surface area contributed by atoms with Gasteiger partial charge in [0.2, 0.25) is 0 Å². The molecule has 4 aromatic rings. The second kappa shape index (κ2) is 26.7. The van der Waals surface area contributed by atoms with Crippen LogP contribution < -0.4 is 0 Å². The first-order valence-corrected chi connectivity index (χ1v) is 25.5. The molecule has 0 amide bonds. The standard InChI is InChI=1S/C42H60Br2N2O4S4/c1-3-5-7-9-11-13-15-17-19-21-23-25-27-49-41(47)31-29-33(43)51-35(31)37-45-39-40(53-37)46-38(54-39)36-32(30-34(44)52-36)42(48)50-28-26-24-22-20-18-16-14-12-10-8-6-4-2/h29-30H,3-28H2,1-2H3. The lowest BCUT2D eigenvalue weighted by atomic mass is 10.1. The Balaban J connectivity index is 1.19. The minimum atomic E-state index is -0.308. The molecular formula is C42H60Br2N2O4S4. The van der Waals surface area contributed by atoms with Crippen molar-refractivity contribution < 1.29 is 19.1 Å². The quantitative estimate of drug-likeness (QED) is 0.0383. The van der Waals surface area contributed by atoms with Crippen LogP contribution in [0.4, 0.5) is 0 Å². The van der Waals surface area contributed by atoms with Gasteiger partial charge in [0, 0.05) is 0 Å². The van der Waals surface area contributed by atoms with Gasteiger partial charge >= 0.3 is 11.9 Å². The molecule has 0 fully saturated rings. The number of nitrogens with zero attached hydrogens (tertiary/aromatic N) is 2. The van der Waals surface area contributed by atoms with E-state index < -0.39 is 0 Å². The van der Waals surface area contributed by atoms with Crippen molar-refractivity contribution in [3.8, 4) is 19.8 Å². The molecule has 0 aliphatic rings. The molecule has 0 aliphatic heterocycles. The molecule has 4 aromatic heterocycles. The molecule has 54 heavy (non-hydrogen) atoms. The number of rotatable bonds is 30. The zero-order valence-electron chi connectivity index (χ0n) is 32.5. The lowest BCUT2D eigenvalue weighted by molar-refractivity contribution is 0.0490. The van der Waals surface area contributed by atoms with E-state index in [1.807, 2.05) is 12.1 Å². The van der Waals surface area contributed by atoms with Crippen LogP contribution in [0.2, 0.25) is 0 Å². The van der Waals surface area contributed by atoms with Gasteiger partial charge in [0.15, 0.2) is 9.66 Å². The van der Waals surface area contributed by atoms with Gasteiger partial charge in [-0.1, -0.05) is 178 Å². The number of aromatic nitrogens is 2. The Kier molecular flexibility index (Phi) is 22.5. The van der Waals surface area contributed by atoms with Crippen molar-refractivity contribution >= 4 is 98.8 Å². The van der Waals surface area contributed by atoms with Crippen LogP contribution in [0.25, 0.3) is 29.4 Å². The number of thiazole rings is 2. The van der Waals surface area contributed by atoms with Crippen LogP contribution in [0.5, 0.6) is 0 Å². The Morgan fingerprint density at radius 1 is 0.481 bits per heavy atom. The van der Waals surface area contributed by atoms with Gasteiger partial charge in [0.1, 0.15) is 10.0 Å². The SMILES string of the molecule is CCCCCCCCCCCCCCOC(=O)c1cc(Br)sc1-c1nc2sc(-c3sc(Br)cc3C(=O)OCCCCCCCCCCCCCC)nc2s1. The van der Waals surface area contributed by atoms with Gasteiger partial charge in [-0.15, -0.1) is 22.7 Å². The van der Waals surface area contributed by atoms with E-state index in [1.165, 1.54) is 174 Å². The number of unbranched alkanes of at least 4 members (excludes halogenated alkanes) is 22. The molecule has 0 saturated heterocycles. The predicted octanol–water partition coefficient (Wildman–Crippen LogP) is 16.5. The molecular weight excluding hydrogens is 885 g/mol. The fourth-order valence-corrected chi connectivity index (χ4v) is 11.9. The molecule has 4 rings (SSSR count). The monoisotopic (exact) mass is 942 g/mol. The first-order chi connectivity index (χ1) is 26.4. The van der Waals surface area contributed by atoms with Crippen LogP contribution >= 0.6 is 77.2 Å². The third kappa shape index (κ3) is 16.0. The molecule has 0 N–H and O–H groups in total. The number of carbonyl (C=O) groups excluding carboxylic acids is 2. The van der Waals surface area contributed by atoms with E-state index in [0.29, 0.717) is 24.3 Å². The van der Waals surface area contributed by atoms with Gasteiger partial charge in [-0.3, -0.25) is 0 Å². The maximum absolute atomic E-state index is 13.1. The van der Waals surface area contributed by atoms with Crippen LogP contribution in [0.1, 0.15) is 189 Å². The van der Waals surface area contributed by atoms with E-state index in [2.05, 4.69) is 45.7 Å². The highest BCUT2D eigenvalue weighted by Crippen LogP contribution is 2.44. The fourth-order valence-electron chi connectivity index (χ4n) is 6.55. The van der Waals surface area contributed by atoms with Crippen molar-refractivity contribution in [3.05, 3.63) is 30.8 Å². The van der Waals surface area contributed by atoms with Crippen LogP contribution in [-0.2, 0) is 9.47 Å². The summed E-state index contributed by atoms with van der Waals surface area (Å²) in [4.78, 5) is 39.2. The number of hydrogen-bond acceptors (Lipinski definition) is 10. The van der Waals surface area contributed by atoms with E-state index in [9.17, 15) is 9.59 Å². The second-order valence-corrected chi connectivity index (χ2v) is 21.1. The molecule has 0 bridgehead atoms. The summed E-state index contributed by atoms with van der Waals surface area (Å²) in [6.45, 7) is 5.39.